The molecule has 1 N–H and O–H groups in total. The van der Waals surface area contributed by atoms with Gasteiger partial charge in [0.1, 0.15) is 0 Å². The van der Waals surface area contributed by atoms with Gasteiger partial charge < -0.3 is 5.32 Å². The van der Waals surface area contributed by atoms with Gasteiger partial charge in [-0.15, -0.1) is 11.3 Å². The molecule has 0 amide bonds. The predicted molar refractivity (Wildman–Crippen MR) is 49.7 cm³/mol. The van der Waals surface area contributed by atoms with Crippen molar-refractivity contribution < 1.29 is 0 Å². The second-order valence-corrected chi connectivity index (χ2v) is 5.13. The van der Waals surface area contributed by atoms with Crippen LogP contribution in [0.15, 0.2) is 10.1 Å². The summed E-state index contributed by atoms with van der Waals surface area (Å²) in [7, 11) is 0. The molecule has 1 saturated carbocycles. The van der Waals surface area contributed by atoms with Crippen molar-refractivity contribution in [2.24, 2.45) is 0 Å². The highest BCUT2D eigenvalue weighted by Crippen LogP contribution is 2.22. The molecule has 0 unspecified atom stereocenters. The Balaban J connectivity index is 1.85. The van der Waals surface area contributed by atoms with Crippen molar-refractivity contribution in [1.82, 2.24) is 10.3 Å². The molecular formula is C7H9BrN2S. The van der Waals surface area contributed by atoms with Crippen molar-refractivity contribution in [3.05, 3.63) is 15.0 Å². The number of nitrogens with one attached hydrogen (secondary N) is 1. The molecular weight excluding hydrogens is 224 g/mol. The summed E-state index contributed by atoms with van der Waals surface area (Å²) >= 11 is 5.03. The lowest BCUT2D eigenvalue weighted by molar-refractivity contribution is 0.694. The summed E-state index contributed by atoms with van der Waals surface area (Å²) in [5.41, 5.74) is 0. The number of aromatic nitrogens is 1. The summed E-state index contributed by atoms with van der Waals surface area (Å²) in [5, 5.41) is 3.44. The Kier molecular flexibility index (Phi) is 2.25. The van der Waals surface area contributed by atoms with Crippen LogP contribution in [0.5, 0.6) is 0 Å². The number of nitrogens with zero attached hydrogens (tertiary/aromatic N) is 1. The first-order valence-electron chi connectivity index (χ1n) is 3.68. The summed E-state index contributed by atoms with van der Waals surface area (Å²) in [6.45, 7) is 0.980. The van der Waals surface area contributed by atoms with Crippen LogP contribution in [0.3, 0.4) is 0 Å². The molecule has 4 heteroatoms. The van der Waals surface area contributed by atoms with Crippen molar-refractivity contribution in [2.45, 2.75) is 25.4 Å². The van der Waals surface area contributed by atoms with Gasteiger partial charge in [0.25, 0.3) is 0 Å². The number of thiazole rings is 1. The highest BCUT2D eigenvalue weighted by Gasteiger charge is 2.20. The number of rotatable bonds is 3. The number of hydrogen-bond acceptors (Lipinski definition) is 3. The first kappa shape index (κ1) is 7.71. The van der Waals surface area contributed by atoms with Crippen LogP contribution in [0.1, 0.15) is 17.7 Å². The number of halogens is 1. The summed E-state index contributed by atoms with van der Waals surface area (Å²) in [6, 6.07) is 0.788. The van der Waals surface area contributed by atoms with Crippen molar-refractivity contribution in [3.8, 4) is 0 Å². The largest absolute Gasteiger partial charge is 0.309 e. The average molecular weight is 233 g/mol. The van der Waals surface area contributed by atoms with Gasteiger partial charge in [-0.25, -0.2) is 4.98 Å². The minimum Gasteiger partial charge on any atom is -0.309 e. The smallest absolute Gasteiger partial charge is 0.159 e. The Labute approximate surface area is 78.2 Å². The third-order valence-electron chi connectivity index (χ3n) is 1.67. The van der Waals surface area contributed by atoms with Crippen molar-refractivity contribution in [3.63, 3.8) is 0 Å². The van der Waals surface area contributed by atoms with E-state index >= 15 is 0 Å². The summed E-state index contributed by atoms with van der Waals surface area (Å²) in [4.78, 5) is 5.42. The number of hydrogen-bond donors (Lipinski definition) is 1. The van der Waals surface area contributed by atoms with Gasteiger partial charge >= 0.3 is 0 Å². The van der Waals surface area contributed by atoms with Crippen molar-refractivity contribution in [1.29, 1.82) is 0 Å². The lowest BCUT2D eigenvalue weighted by Gasteiger charge is -1.96. The maximum atomic E-state index is 4.11. The van der Waals surface area contributed by atoms with E-state index in [0.29, 0.717) is 0 Å². The molecule has 2 nitrogen and oxygen atoms in total. The Bertz CT molecular complexity index is 244. The Morgan fingerprint density at radius 3 is 3.09 bits per heavy atom. The maximum Gasteiger partial charge on any atom is 0.159 e. The zero-order chi connectivity index (χ0) is 7.68. The van der Waals surface area contributed by atoms with Gasteiger partial charge in [0, 0.05) is 23.7 Å². The minimum absolute atomic E-state index is 0.788. The molecule has 1 aliphatic carbocycles. The van der Waals surface area contributed by atoms with Crippen LogP contribution in [0.4, 0.5) is 0 Å². The molecule has 11 heavy (non-hydrogen) atoms. The lowest BCUT2D eigenvalue weighted by Crippen LogP contribution is -2.14. The van der Waals surface area contributed by atoms with E-state index in [1.54, 1.807) is 11.3 Å². The van der Waals surface area contributed by atoms with E-state index < -0.39 is 0 Å². The van der Waals surface area contributed by atoms with Crippen LogP contribution < -0.4 is 5.32 Å². The standard InChI is InChI=1S/C7H9BrN2S/c8-7-10-4-6(11-7)3-9-5-1-2-5/h4-5,9H,1-3H2. The molecule has 0 radical (unpaired) electrons. The van der Waals surface area contributed by atoms with Crippen LogP contribution in [0.25, 0.3) is 0 Å². The van der Waals surface area contributed by atoms with Gasteiger partial charge in [-0.05, 0) is 28.8 Å². The second-order valence-electron chi connectivity index (χ2n) is 2.73. The fraction of sp³-hybridized carbons (Fsp3) is 0.571. The quantitative estimate of drug-likeness (QED) is 0.865. The first-order chi connectivity index (χ1) is 5.34. The van der Waals surface area contributed by atoms with Gasteiger partial charge in [0.15, 0.2) is 3.92 Å². The molecule has 60 valence electrons. The van der Waals surface area contributed by atoms with E-state index in [1.165, 1.54) is 17.7 Å². The summed E-state index contributed by atoms with van der Waals surface area (Å²) < 4.78 is 0.977. The van der Waals surface area contributed by atoms with E-state index in [-0.39, 0.29) is 0 Å². The van der Waals surface area contributed by atoms with Crippen LogP contribution >= 0.6 is 27.3 Å². The van der Waals surface area contributed by atoms with Gasteiger partial charge in [-0.3, -0.25) is 0 Å². The summed E-state index contributed by atoms with van der Waals surface area (Å²) in [6.07, 6.45) is 4.62. The Hall–Kier alpha value is 0.0700. The predicted octanol–water partition coefficient (Wildman–Crippen LogP) is 2.16. The first-order valence-corrected chi connectivity index (χ1v) is 5.29. The molecule has 0 bridgehead atoms. The maximum absolute atomic E-state index is 4.11. The highest BCUT2D eigenvalue weighted by molar-refractivity contribution is 9.11. The topological polar surface area (TPSA) is 24.9 Å². The third kappa shape index (κ3) is 2.25. The van der Waals surface area contributed by atoms with Crippen LogP contribution in [-0.2, 0) is 6.54 Å². The molecule has 0 atom stereocenters. The van der Waals surface area contributed by atoms with Crippen LogP contribution in [-0.4, -0.2) is 11.0 Å². The zero-order valence-electron chi connectivity index (χ0n) is 6.01. The fourth-order valence-electron chi connectivity index (χ4n) is 0.898. The molecule has 1 aliphatic rings. The lowest BCUT2D eigenvalue weighted by atomic mass is 10.5. The van der Waals surface area contributed by atoms with Crippen LogP contribution in [0.2, 0.25) is 0 Å². The minimum atomic E-state index is 0.788. The highest BCUT2D eigenvalue weighted by atomic mass is 79.9. The third-order valence-corrected chi connectivity index (χ3v) is 3.14. The van der Waals surface area contributed by atoms with E-state index in [9.17, 15) is 0 Å². The van der Waals surface area contributed by atoms with Crippen molar-refractivity contribution >= 4 is 27.3 Å². The molecule has 1 fully saturated rings. The zero-order valence-corrected chi connectivity index (χ0v) is 8.41. The van der Waals surface area contributed by atoms with Gasteiger partial charge in [-0.2, -0.15) is 0 Å². The van der Waals surface area contributed by atoms with Crippen molar-refractivity contribution in [2.75, 3.05) is 0 Å². The van der Waals surface area contributed by atoms with E-state index in [1.807, 2.05) is 6.20 Å². The molecule has 1 aromatic rings. The monoisotopic (exact) mass is 232 g/mol. The molecule has 1 aromatic heterocycles. The summed E-state index contributed by atoms with van der Waals surface area (Å²) in [5.74, 6) is 0. The molecule has 0 spiro atoms. The van der Waals surface area contributed by atoms with E-state index in [2.05, 4.69) is 26.2 Å². The van der Waals surface area contributed by atoms with Crippen LogP contribution in [0, 0.1) is 0 Å². The van der Waals surface area contributed by atoms with E-state index in [0.717, 1.165) is 16.5 Å². The average Bonchev–Trinajstić information content (AvgIpc) is 2.72. The van der Waals surface area contributed by atoms with E-state index in [4.69, 9.17) is 0 Å². The molecule has 0 aliphatic heterocycles. The van der Waals surface area contributed by atoms with Gasteiger partial charge in [0.2, 0.25) is 0 Å². The molecule has 1 heterocycles. The normalized spacial score (nSPS) is 17.2. The van der Waals surface area contributed by atoms with Gasteiger partial charge in [0.05, 0.1) is 0 Å². The Morgan fingerprint density at radius 1 is 1.73 bits per heavy atom. The molecule has 2 rings (SSSR count). The molecule has 0 aromatic carbocycles. The SMILES string of the molecule is Brc1ncc(CNC2CC2)s1. The Morgan fingerprint density at radius 2 is 2.55 bits per heavy atom. The second kappa shape index (κ2) is 3.21. The fourth-order valence-corrected chi connectivity index (χ4v) is 2.21. The molecule has 0 saturated heterocycles. The van der Waals surface area contributed by atoms with Gasteiger partial charge in [-0.1, -0.05) is 0 Å².